The zero-order valence-corrected chi connectivity index (χ0v) is 18.4. The van der Waals surface area contributed by atoms with Crippen LogP contribution in [-0.2, 0) is 6.54 Å². The van der Waals surface area contributed by atoms with E-state index in [1.807, 2.05) is 37.4 Å². The van der Waals surface area contributed by atoms with Crippen LogP contribution in [0.3, 0.4) is 0 Å². The Morgan fingerprint density at radius 2 is 1.91 bits per heavy atom. The van der Waals surface area contributed by atoms with Gasteiger partial charge in [-0.05, 0) is 36.8 Å². The molecule has 4 heterocycles. The fourth-order valence-electron chi connectivity index (χ4n) is 4.81. The van der Waals surface area contributed by atoms with Gasteiger partial charge in [0.05, 0.1) is 17.6 Å². The minimum atomic E-state index is -0.239. The fraction of sp³-hybridized carbons (Fsp3) is 0.292. The molecule has 0 unspecified atom stereocenters. The summed E-state index contributed by atoms with van der Waals surface area (Å²) in [6.07, 6.45) is 3.36. The number of halogens is 2. The first-order valence-electron chi connectivity index (χ1n) is 10.7. The van der Waals surface area contributed by atoms with E-state index in [1.54, 1.807) is 6.33 Å². The predicted molar refractivity (Wildman–Crippen MR) is 124 cm³/mol. The van der Waals surface area contributed by atoms with Crippen molar-refractivity contribution in [3.05, 3.63) is 71.0 Å². The number of aryl methyl sites for hydroxylation is 1. The van der Waals surface area contributed by atoms with Gasteiger partial charge in [0.2, 0.25) is 5.95 Å². The molecule has 162 valence electrons. The fourth-order valence-corrected chi connectivity index (χ4v) is 5.03. The van der Waals surface area contributed by atoms with Crippen LogP contribution in [0.15, 0.2) is 48.9 Å². The first-order valence-corrected chi connectivity index (χ1v) is 11.1. The lowest BCUT2D eigenvalue weighted by atomic mass is 9.75. The third-order valence-electron chi connectivity index (χ3n) is 6.59. The van der Waals surface area contributed by atoms with Crippen molar-refractivity contribution in [1.82, 2.24) is 24.8 Å². The summed E-state index contributed by atoms with van der Waals surface area (Å²) in [4.78, 5) is 16.0. The number of rotatable bonds is 4. The van der Waals surface area contributed by atoms with E-state index in [0.717, 1.165) is 65.5 Å². The highest BCUT2D eigenvalue weighted by Gasteiger charge is 2.48. The molecular weight excluding hydrogens is 427 g/mol. The Morgan fingerprint density at radius 3 is 2.59 bits per heavy atom. The van der Waals surface area contributed by atoms with Gasteiger partial charge in [0, 0.05) is 59.6 Å². The average molecular weight is 449 g/mol. The highest BCUT2D eigenvalue weighted by molar-refractivity contribution is 6.31. The molecule has 2 aromatic heterocycles. The Balaban J connectivity index is 1.52. The van der Waals surface area contributed by atoms with E-state index in [0.29, 0.717) is 17.0 Å². The Kier molecular flexibility index (Phi) is 4.45. The van der Waals surface area contributed by atoms with E-state index in [9.17, 15) is 4.39 Å². The summed E-state index contributed by atoms with van der Waals surface area (Å²) in [7, 11) is 0. The van der Waals surface area contributed by atoms with Gasteiger partial charge in [0.15, 0.2) is 0 Å². The van der Waals surface area contributed by atoms with Crippen molar-refractivity contribution in [3.8, 4) is 11.1 Å². The first kappa shape index (κ1) is 19.6. The zero-order chi connectivity index (χ0) is 21.9. The topological polar surface area (TPSA) is 58.9 Å². The van der Waals surface area contributed by atoms with Crippen LogP contribution < -0.4 is 10.2 Å². The molecule has 32 heavy (non-hydrogen) atoms. The Morgan fingerprint density at radius 1 is 1.12 bits per heavy atom. The van der Waals surface area contributed by atoms with Gasteiger partial charge in [-0.15, -0.1) is 0 Å². The summed E-state index contributed by atoms with van der Waals surface area (Å²) in [6.45, 7) is 6.60. The minimum Gasteiger partial charge on any atom is -0.341 e. The van der Waals surface area contributed by atoms with Crippen molar-refractivity contribution in [2.75, 3.05) is 31.1 Å². The summed E-state index contributed by atoms with van der Waals surface area (Å²) < 4.78 is 15.7. The van der Waals surface area contributed by atoms with Crippen LogP contribution in [-0.4, -0.2) is 45.7 Å². The first-order chi connectivity index (χ1) is 15.5. The molecule has 6 rings (SSSR count). The van der Waals surface area contributed by atoms with Gasteiger partial charge in [0.1, 0.15) is 12.1 Å². The van der Waals surface area contributed by atoms with Gasteiger partial charge in [-0.1, -0.05) is 23.7 Å². The molecule has 1 N–H and O–H groups in total. The van der Waals surface area contributed by atoms with Gasteiger partial charge < -0.3 is 14.8 Å². The van der Waals surface area contributed by atoms with E-state index < -0.39 is 0 Å². The number of hydrogen-bond donors (Lipinski definition) is 1. The SMILES string of the molecule is Cc1ncncc1-c1cc(Cl)cc2c1nc(N1CC3(CNC3)C1)n2Cc1ccc(F)cc1. The molecule has 2 aromatic carbocycles. The molecule has 8 heteroatoms. The van der Waals surface area contributed by atoms with E-state index in [4.69, 9.17) is 16.6 Å². The Bertz CT molecular complexity index is 1320. The number of nitrogens with zero attached hydrogens (tertiary/aromatic N) is 5. The highest BCUT2D eigenvalue weighted by Crippen LogP contribution is 2.41. The number of fused-ring (bicyclic) bond motifs is 1. The molecule has 2 saturated heterocycles. The van der Waals surface area contributed by atoms with Crippen LogP contribution in [0.25, 0.3) is 22.2 Å². The maximum absolute atomic E-state index is 13.5. The van der Waals surface area contributed by atoms with Crippen molar-refractivity contribution in [1.29, 1.82) is 0 Å². The molecule has 0 aliphatic carbocycles. The number of imidazole rings is 1. The molecule has 0 atom stereocenters. The summed E-state index contributed by atoms with van der Waals surface area (Å²) in [5.74, 6) is 0.677. The third-order valence-corrected chi connectivity index (χ3v) is 6.81. The Labute approximate surface area is 190 Å². The van der Waals surface area contributed by atoms with Crippen LogP contribution in [0.2, 0.25) is 5.02 Å². The van der Waals surface area contributed by atoms with Gasteiger partial charge in [-0.2, -0.15) is 0 Å². The lowest BCUT2D eigenvalue weighted by Gasteiger charge is -2.56. The summed E-state index contributed by atoms with van der Waals surface area (Å²) in [6, 6.07) is 10.5. The quantitative estimate of drug-likeness (QED) is 0.510. The average Bonchev–Trinajstić information content (AvgIpc) is 3.05. The molecule has 2 aliphatic heterocycles. The van der Waals surface area contributed by atoms with E-state index in [2.05, 4.69) is 24.8 Å². The van der Waals surface area contributed by atoms with Gasteiger partial charge in [-0.25, -0.2) is 19.3 Å². The monoisotopic (exact) mass is 448 g/mol. The van der Waals surface area contributed by atoms with Gasteiger partial charge in [0.25, 0.3) is 0 Å². The highest BCUT2D eigenvalue weighted by atomic mass is 35.5. The molecule has 1 spiro atoms. The third kappa shape index (κ3) is 3.15. The molecule has 0 radical (unpaired) electrons. The molecule has 0 amide bonds. The molecule has 4 aromatic rings. The van der Waals surface area contributed by atoms with Crippen LogP contribution >= 0.6 is 11.6 Å². The maximum Gasteiger partial charge on any atom is 0.206 e. The smallest absolute Gasteiger partial charge is 0.206 e. The van der Waals surface area contributed by atoms with Crippen molar-refractivity contribution >= 4 is 28.6 Å². The second-order valence-electron chi connectivity index (χ2n) is 8.93. The lowest BCUT2D eigenvalue weighted by Crippen LogP contribution is -2.71. The second-order valence-corrected chi connectivity index (χ2v) is 9.36. The van der Waals surface area contributed by atoms with E-state index in [1.165, 1.54) is 12.1 Å². The van der Waals surface area contributed by atoms with Crippen LogP contribution in [0, 0.1) is 18.2 Å². The number of benzene rings is 2. The molecular formula is C24H22ClFN6. The summed E-state index contributed by atoms with van der Waals surface area (Å²) in [5.41, 5.74) is 5.91. The van der Waals surface area contributed by atoms with E-state index >= 15 is 0 Å². The number of aromatic nitrogens is 4. The summed E-state index contributed by atoms with van der Waals surface area (Å²) >= 11 is 6.58. The number of anilines is 1. The van der Waals surface area contributed by atoms with Crippen molar-refractivity contribution in [2.24, 2.45) is 5.41 Å². The number of hydrogen-bond acceptors (Lipinski definition) is 5. The number of nitrogens with one attached hydrogen (secondary N) is 1. The maximum atomic E-state index is 13.5. The standard InChI is InChI=1S/C24H22ClFN6/c1-15-20(8-27-14-29-15)19-6-17(25)7-21-22(19)30-23(31-12-24(13-31)10-28-11-24)32(21)9-16-2-4-18(26)5-3-16/h2-8,14,28H,9-13H2,1H3. The molecule has 2 aliphatic rings. The van der Waals surface area contributed by atoms with Crippen LogP contribution in [0.4, 0.5) is 10.3 Å². The molecule has 0 saturated carbocycles. The van der Waals surface area contributed by atoms with Crippen molar-refractivity contribution in [2.45, 2.75) is 13.5 Å². The van der Waals surface area contributed by atoms with Gasteiger partial charge in [-0.3, -0.25) is 0 Å². The van der Waals surface area contributed by atoms with Gasteiger partial charge >= 0.3 is 0 Å². The van der Waals surface area contributed by atoms with Crippen LogP contribution in [0.5, 0.6) is 0 Å². The molecule has 2 fully saturated rings. The predicted octanol–water partition coefficient (Wildman–Crippen LogP) is 4.05. The second kappa shape index (κ2) is 7.25. The van der Waals surface area contributed by atoms with E-state index in [-0.39, 0.29) is 5.82 Å². The lowest BCUT2D eigenvalue weighted by molar-refractivity contribution is 0.119. The minimum absolute atomic E-state index is 0.239. The molecule has 0 bridgehead atoms. The van der Waals surface area contributed by atoms with Crippen molar-refractivity contribution in [3.63, 3.8) is 0 Å². The summed E-state index contributed by atoms with van der Waals surface area (Å²) in [5, 5.41) is 4.02. The van der Waals surface area contributed by atoms with Crippen LogP contribution in [0.1, 0.15) is 11.3 Å². The zero-order valence-electron chi connectivity index (χ0n) is 17.6. The molecule has 6 nitrogen and oxygen atoms in total. The Hall–Kier alpha value is -3.03. The largest absolute Gasteiger partial charge is 0.341 e. The van der Waals surface area contributed by atoms with Crippen molar-refractivity contribution < 1.29 is 4.39 Å². The normalized spacial score (nSPS) is 16.9.